The Balaban J connectivity index is 0.977. The predicted molar refractivity (Wildman–Crippen MR) is 214 cm³/mol. The van der Waals surface area contributed by atoms with E-state index in [2.05, 4.69) is 35.9 Å². The van der Waals surface area contributed by atoms with Crippen molar-refractivity contribution in [3.8, 4) is 11.4 Å². The van der Waals surface area contributed by atoms with Crippen molar-refractivity contribution in [2.45, 2.75) is 78.9 Å². The quantitative estimate of drug-likeness (QED) is 0.220. The van der Waals surface area contributed by atoms with Crippen molar-refractivity contribution in [1.82, 2.24) is 24.4 Å². The van der Waals surface area contributed by atoms with Crippen LogP contribution in [0.3, 0.4) is 0 Å². The van der Waals surface area contributed by atoms with E-state index >= 15 is 4.39 Å². The summed E-state index contributed by atoms with van der Waals surface area (Å²) in [7, 11) is 0. The predicted octanol–water partition coefficient (Wildman–Crippen LogP) is 5.56. The van der Waals surface area contributed by atoms with Crippen LogP contribution < -0.4 is 26.0 Å². The average Bonchev–Trinajstić information content (AvgIpc) is 3.70. The number of alkyl halides is 1. The number of ketones is 2. The lowest BCUT2D eigenvalue weighted by molar-refractivity contribution is 0.0927. The van der Waals surface area contributed by atoms with Crippen molar-refractivity contribution in [2.24, 2.45) is 16.8 Å². The third-order valence-electron chi connectivity index (χ3n) is 11.8. The summed E-state index contributed by atoms with van der Waals surface area (Å²) in [4.78, 5) is 50.6. The van der Waals surface area contributed by atoms with E-state index in [4.69, 9.17) is 4.98 Å². The Morgan fingerprint density at radius 3 is 2.31 bits per heavy atom. The second-order valence-corrected chi connectivity index (χ2v) is 15.8. The number of benzene rings is 1. The van der Waals surface area contributed by atoms with Crippen LogP contribution in [0.5, 0.6) is 0 Å². The van der Waals surface area contributed by atoms with Crippen molar-refractivity contribution >= 4 is 41.1 Å². The first-order valence-electron chi connectivity index (χ1n) is 19.7. The van der Waals surface area contributed by atoms with Crippen LogP contribution in [-0.2, 0) is 0 Å². The molecule has 1 aromatic carbocycles. The van der Waals surface area contributed by atoms with E-state index in [0.29, 0.717) is 35.7 Å². The molecule has 1 N–H and O–H groups in total. The van der Waals surface area contributed by atoms with Gasteiger partial charge in [0.25, 0.3) is 5.62 Å². The fourth-order valence-corrected chi connectivity index (χ4v) is 8.70. The third-order valence-corrected chi connectivity index (χ3v) is 11.8. The number of carbonyl (C=O) groups is 2. The second-order valence-electron chi connectivity index (χ2n) is 15.8. The summed E-state index contributed by atoms with van der Waals surface area (Å²) in [6.45, 7) is 18.2. The number of carbonyl (C=O) groups excluding carboxylic acids is 2. The first-order chi connectivity index (χ1) is 26.4. The molecule has 0 spiro atoms. The molecular weight excluding hydrogens is 696 g/mol. The molecule has 5 aliphatic rings. The summed E-state index contributed by atoms with van der Waals surface area (Å²) in [6, 6.07) is 9.51. The zero-order chi connectivity index (χ0) is 39.0. The van der Waals surface area contributed by atoms with Crippen molar-refractivity contribution in [3.63, 3.8) is 0 Å². The van der Waals surface area contributed by atoms with Crippen molar-refractivity contribution in [1.29, 1.82) is 0 Å². The molecule has 0 amide bonds. The first-order valence-corrected chi connectivity index (χ1v) is 19.7. The van der Waals surface area contributed by atoms with Crippen LogP contribution in [0.1, 0.15) is 92.1 Å². The lowest BCUT2D eigenvalue weighted by Crippen LogP contribution is -2.51. The van der Waals surface area contributed by atoms with Gasteiger partial charge in [-0.1, -0.05) is 33.3 Å². The van der Waals surface area contributed by atoms with Crippen molar-refractivity contribution in [3.05, 3.63) is 75.6 Å². The molecule has 2 aromatic rings. The molecule has 1 saturated carbocycles. The van der Waals surface area contributed by atoms with Gasteiger partial charge in [-0.15, -0.1) is 0 Å². The molecule has 5 heterocycles. The van der Waals surface area contributed by atoms with Crippen molar-refractivity contribution in [2.75, 3.05) is 55.6 Å². The van der Waals surface area contributed by atoms with E-state index in [1.165, 1.54) is 6.92 Å². The van der Waals surface area contributed by atoms with E-state index in [9.17, 15) is 14.7 Å². The minimum absolute atomic E-state index is 0.0631. The van der Waals surface area contributed by atoms with Crippen LogP contribution in [-0.4, -0.2) is 93.1 Å². The second kappa shape index (κ2) is 16.0. The largest absolute Gasteiger partial charge is 0.512 e. The number of aromatic nitrogens is 4. The lowest BCUT2D eigenvalue weighted by Gasteiger charge is -2.41. The molecule has 55 heavy (non-hydrogen) atoms. The number of nitrogens with zero attached hydrogens (tertiary/aromatic N) is 8. The van der Waals surface area contributed by atoms with Crippen LogP contribution in [0, 0.1) is 18.8 Å². The van der Waals surface area contributed by atoms with Crippen LogP contribution in [0.2, 0.25) is 0 Å². The summed E-state index contributed by atoms with van der Waals surface area (Å²) in [6.07, 6.45) is 7.76. The van der Waals surface area contributed by atoms with E-state index in [1.807, 2.05) is 50.1 Å². The normalized spacial score (nSPS) is 20.8. The molecular formula is C43H53FN8O3. The highest BCUT2D eigenvalue weighted by Crippen LogP contribution is 2.32. The summed E-state index contributed by atoms with van der Waals surface area (Å²) in [5.41, 5.74) is 4.77. The number of aliphatic hydroxyl groups excluding tert-OH is 1. The van der Waals surface area contributed by atoms with Gasteiger partial charge in [0.15, 0.2) is 17.4 Å². The molecule has 0 bridgehead atoms. The van der Waals surface area contributed by atoms with Gasteiger partial charge in [-0.3, -0.25) is 14.5 Å². The van der Waals surface area contributed by atoms with Gasteiger partial charge in [0.1, 0.15) is 12.0 Å². The van der Waals surface area contributed by atoms with Crippen LogP contribution >= 0.6 is 0 Å². The zero-order valence-electron chi connectivity index (χ0n) is 32.8. The third kappa shape index (κ3) is 7.92. The maximum Gasteiger partial charge on any atom is 0.253 e. The molecule has 1 aliphatic carbocycles. The molecule has 0 radical (unpaired) electrons. The van der Waals surface area contributed by atoms with Crippen LogP contribution in [0.25, 0.3) is 23.7 Å². The number of fused-ring (bicyclic) bond motifs is 1. The number of anilines is 2. The Kier molecular flexibility index (Phi) is 11.2. The van der Waals surface area contributed by atoms with E-state index < -0.39 is 6.17 Å². The summed E-state index contributed by atoms with van der Waals surface area (Å²) < 4.78 is 17.8. The highest BCUT2D eigenvalue weighted by molar-refractivity contribution is 6.09. The van der Waals surface area contributed by atoms with E-state index in [-0.39, 0.29) is 41.7 Å². The number of pyridine rings is 2. The Hall–Kier alpha value is -4.97. The fraction of sp³-hybridized carbons (Fsp3) is 0.488. The minimum atomic E-state index is -0.992. The summed E-state index contributed by atoms with van der Waals surface area (Å²) in [5, 5.41) is 12.0. The number of piperidine rings is 1. The van der Waals surface area contributed by atoms with E-state index in [0.717, 1.165) is 97.2 Å². The first kappa shape index (κ1) is 38.3. The molecule has 2 unspecified atom stereocenters. The Morgan fingerprint density at radius 2 is 1.67 bits per heavy atom. The van der Waals surface area contributed by atoms with Gasteiger partial charge >= 0.3 is 0 Å². The maximum absolute atomic E-state index is 15.7. The number of hydrogen-bond acceptors (Lipinski definition) is 10. The van der Waals surface area contributed by atoms with Gasteiger partial charge in [-0.25, -0.2) is 14.4 Å². The lowest BCUT2D eigenvalue weighted by atomic mass is 9.91. The van der Waals surface area contributed by atoms with Gasteiger partial charge in [0, 0.05) is 103 Å². The summed E-state index contributed by atoms with van der Waals surface area (Å²) in [5.74, 6) is 1.04. The number of hydrogen-bond donors (Lipinski definition) is 1. The summed E-state index contributed by atoms with van der Waals surface area (Å²) >= 11 is 0. The number of halogens is 1. The van der Waals surface area contributed by atoms with Gasteiger partial charge in [0.2, 0.25) is 0 Å². The molecule has 4 aliphatic heterocycles. The monoisotopic (exact) mass is 748 g/mol. The molecule has 290 valence electrons. The molecule has 2 atom stereocenters. The van der Waals surface area contributed by atoms with Crippen molar-refractivity contribution < 1.29 is 19.1 Å². The molecule has 7 rings (SSSR count). The zero-order valence-corrected chi connectivity index (χ0v) is 32.8. The SMILES string of the molecule is C=c1/c(=C(\C)O)c(C)c2cnc(=Nc3ccc(N4CCN(CC5CCN(c6ccc(C(C)=O)c(C(=O)C(C)C)c6)CC5F)CC4)cn3)nc-2n1C1CCCC1. The molecule has 3 fully saturated rings. The van der Waals surface area contributed by atoms with Crippen LogP contribution in [0.15, 0.2) is 47.7 Å². The maximum atomic E-state index is 15.7. The fourth-order valence-electron chi connectivity index (χ4n) is 8.70. The van der Waals surface area contributed by atoms with Gasteiger partial charge < -0.3 is 19.5 Å². The van der Waals surface area contributed by atoms with Gasteiger partial charge in [0.05, 0.1) is 17.6 Å². The highest BCUT2D eigenvalue weighted by Gasteiger charge is 2.32. The standard InChI is InChI=1S/C43H53FN8O3/c1-26(2)41(55)36-21-33(11-13-35(36)29(5)53)51-16-15-31(38(44)25-51)24-49-17-19-50(20-18-49)34-12-14-39(45-22-34)47-43-46-23-37-27(3)40(30(6)54)28(4)52(42(37)48-43)32-9-7-8-10-32/h11-14,21-23,26,31-32,38,54H,4,7-10,15-20,24-25H2,1-3,5-6H3/b40-30+,47-43?. The number of Topliss-reactive ketones (excluding diaryl/α,β-unsaturated/α-hetero) is 2. The Morgan fingerprint density at radius 1 is 0.945 bits per heavy atom. The average molecular weight is 749 g/mol. The molecule has 12 heteroatoms. The van der Waals surface area contributed by atoms with Crippen LogP contribution in [0.4, 0.5) is 21.6 Å². The number of aliphatic hydroxyl groups is 1. The molecule has 1 aromatic heterocycles. The van der Waals surface area contributed by atoms with E-state index in [1.54, 1.807) is 25.3 Å². The highest BCUT2D eigenvalue weighted by atomic mass is 19.1. The number of rotatable bonds is 9. The Bertz CT molecular complexity index is 2220. The minimum Gasteiger partial charge on any atom is -0.512 e. The Labute approximate surface area is 322 Å². The van der Waals surface area contributed by atoms with Gasteiger partial charge in [-0.2, -0.15) is 9.98 Å². The van der Waals surface area contributed by atoms with Gasteiger partial charge in [-0.05, 0) is 75.9 Å². The molecule has 2 saturated heterocycles. The number of piperazine rings is 1. The topological polar surface area (TPSA) is 120 Å². The smallest absolute Gasteiger partial charge is 0.253 e. The molecule has 11 nitrogen and oxygen atoms in total.